The monoisotopic (exact) mass is 319 g/mol. The number of nitrogens with one attached hydrogen (secondary N) is 1. The number of carbonyl (C=O) groups is 2. The van der Waals surface area contributed by atoms with Gasteiger partial charge in [-0.15, -0.1) is 0 Å². The smallest absolute Gasteiger partial charge is 0.330 e. The number of carbonyl (C=O) groups excluding carboxylic acids is 2. The van der Waals surface area contributed by atoms with Crippen LogP contribution in [-0.4, -0.2) is 36.7 Å². The third-order valence-electron chi connectivity index (χ3n) is 2.15. The van der Waals surface area contributed by atoms with Crippen LogP contribution in [0.5, 0.6) is 0 Å². The van der Waals surface area contributed by atoms with Gasteiger partial charge in [0.2, 0.25) is 0 Å². The molecule has 0 saturated heterocycles. The van der Waals surface area contributed by atoms with Gasteiger partial charge in [-0.1, -0.05) is 15.9 Å². The quantitative estimate of drug-likeness (QED) is 0.807. The van der Waals surface area contributed by atoms with E-state index in [9.17, 15) is 14.0 Å². The maximum absolute atomic E-state index is 13.4. The molecular weight excluding hydrogens is 309 g/mol. The van der Waals surface area contributed by atoms with Crippen molar-refractivity contribution in [3.63, 3.8) is 0 Å². The molecule has 5 nitrogen and oxygen atoms in total. The molecule has 1 rings (SSSR count). The molecule has 1 amide bonds. The molecule has 0 bridgehead atoms. The van der Waals surface area contributed by atoms with Gasteiger partial charge in [0.1, 0.15) is 5.82 Å². The number of amides is 1. The molecule has 0 aliphatic carbocycles. The summed E-state index contributed by atoms with van der Waals surface area (Å²) in [5, 5.41) is 11.1. The summed E-state index contributed by atoms with van der Waals surface area (Å²) in [5.41, 5.74) is -0.230. The van der Waals surface area contributed by atoms with E-state index in [0.29, 0.717) is 4.47 Å². The molecule has 0 spiro atoms. The molecule has 0 fully saturated rings. The Kier molecular flexibility index (Phi) is 5.24. The summed E-state index contributed by atoms with van der Waals surface area (Å²) >= 11 is 3.10. The van der Waals surface area contributed by atoms with Crippen LogP contribution in [0.4, 0.5) is 4.39 Å². The summed E-state index contributed by atoms with van der Waals surface area (Å²) in [7, 11) is 1.12. The van der Waals surface area contributed by atoms with E-state index >= 15 is 0 Å². The van der Waals surface area contributed by atoms with E-state index in [1.165, 1.54) is 12.1 Å². The highest BCUT2D eigenvalue weighted by molar-refractivity contribution is 9.10. The van der Waals surface area contributed by atoms with Crippen LogP contribution in [0, 0.1) is 5.82 Å². The Bertz CT molecular complexity index is 466. The molecule has 1 atom stereocenters. The van der Waals surface area contributed by atoms with Crippen molar-refractivity contribution in [3.05, 3.63) is 34.1 Å². The van der Waals surface area contributed by atoms with Gasteiger partial charge in [0, 0.05) is 4.47 Å². The van der Waals surface area contributed by atoms with Gasteiger partial charge < -0.3 is 15.2 Å². The Morgan fingerprint density at radius 1 is 1.56 bits per heavy atom. The van der Waals surface area contributed by atoms with E-state index in [1.54, 1.807) is 0 Å². The minimum Gasteiger partial charge on any atom is -0.467 e. The molecule has 0 radical (unpaired) electrons. The zero-order chi connectivity index (χ0) is 13.7. The van der Waals surface area contributed by atoms with Crippen molar-refractivity contribution >= 4 is 27.8 Å². The first kappa shape index (κ1) is 14.6. The number of benzene rings is 1. The van der Waals surface area contributed by atoms with Crippen LogP contribution in [0.25, 0.3) is 0 Å². The summed E-state index contributed by atoms with van der Waals surface area (Å²) < 4.78 is 18.3. The van der Waals surface area contributed by atoms with Gasteiger partial charge in [0.05, 0.1) is 19.3 Å². The zero-order valence-electron chi connectivity index (χ0n) is 9.44. The molecule has 18 heavy (non-hydrogen) atoms. The van der Waals surface area contributed by atoms with Crippen molar-refractivity contribution in [1.29, 1.82) is 0 Å². The van der Waals surface area contributed by atoms with Crippen LogP contribution in [0.15, 0.2) is 22.7 Å². The van der Waals surface area contributed by atoms with Gasteiger partial charge in [-0.25, -0.2) is 9.18 Å². The van der Waals surface area contributed by atoms with Crippen LogP contribution in [0.1, 0.15) is 10.4 Å². The second kappa shape index (κ2) is 6.46. The SMILES string of the molecule is COC(=O)[C@H](CO)NC(=O)c1cc(Br)ccc1F. The number of methoxy groups -OCH3 is 1. The fourth-order valence-electron chi connectivity index (χ4n) is 1.23. The average Bonchev–Trinajstić information content (AvgIpc) is 2.37. The van der Waals surface area contributed by atoms with Crippen LogP contribution in [-0.2, 0) is 9.53 Å². The van der Waals surface area contributed by atoms with E-state index < -0.39 is 30.3 Å². The predicted molar refractivity (Wildman–Crippen MR) is 64.5 cm³/mol. The third kappa shape index (κ3) is 3.51. The topological polar surface area (TPSA) is 75.6 Å². The van der Waals surface area contributed by atoms with Crippen molar-refractivity contribution in [2.45, 2.75) is 6.04 Å². The molecule has 7 heteroatoms. The van der Waals surface area contributed by atoms with Crippen LogP contribution < -0.4 is 5.32 Å². The van der Waals surface area contributed by atoms with Gasteiger partial charge in [-0.05, 0) is 18.2 Å². The number of rotatable bonds is 4. The van der Waals surface area contributed by atoms with Crippen molar-refractivity contribution in [1.82, 2.24) is 5.32 Å². The second-order valence-electron chi connectivity index (χ2n) is 3.36. The number of aliphatic hydroxyl groups excluding tert-OH is 1. The molecule has 0 aromatic heterocycles. The van der Waals surface area contributed by atoms with Gasteiger partial charge in [-0.3, -0.25) is 4.79 Å². The Morgan fingerprint density at radius 3 is 2.78 bits per heavy atom. The molecule has 0 heterocycles. The Hall–Kier alpha value is -1.47. The van der Waals surface area contributed by atoms with E-state index in [4.69, 9.17) is 5.11 Å². The molecule has 98 valence electrons. The van der Waals surface area contributed by atoms with Gasteiger partial charge in [-0.2, -0.15) is 0 Å². The zero-order valence-corrected chi connectivity index (χ0v) is 11.0. The highest BCUT2D eigenvalue weighted by Crippen LogP contribution is 2.15. The number of hydrogen-bond acceptors (Lipinski definition) is 4. The van der Waals surface area contributed by atoms with Gasteiger partial charge in [0.25, 0.3) is 5.91 Å². The molecule has 2 N–H and O–H groups in total. The van der Waals surface area contributed by atoms with Gasteiger partial charge in [0.15, 0.2) is 6.04 Å². The van der Waals surface area contributed by atoms with E-state index in [1.807, 2.05) is 0 Å². The number of hydrogen-bond donors (Lipinski definition) is 2. The van der Waals surface area contributed by atoms with E-state index in [0.717, 1.165) is 13.2 Å². The average molecular weight is 320 g/mol. The Balaban J connectivity index is 2.87. The van der Waals surface area contributed by atoms with Crippen LogP contribution in [0.3, 0.4) is 0 Å². The van der Waals surface area contributed by atoms with E-state index in [-0.39, 0.29) is 5.56 Å². The van der Waals surface area contributed by atoms with Crippen LogP contribution >= 0.6 is 15.9 Å². The van der Waals surface area contributed by atoms with Crippen molar-refractivity contribution in [2.75, 3.05) is 13.7 Å². The number of aliphatic hydroxyl groups is 1. The summed E-state index contributed by atoms with van der Waals surface area (Å²) in [5.74, 6) is -2.34. The third-order valence-corrected chi connectivity index (χ3v) is 2.64. The first-order valence-corrected chi connectivity index (χ1v) is 5.73. The highest BCUT2D eigenvalue weighted by atomic mass is 79.9. The highest BCUT2D eigenvalue weighted by Gasteiger charge is 2.22. The van der Waals surface area contributed by atoms with Crippen LogP contribution in [0.2, 0.25) is 0 Å². The lowest BCUT2D eigenvalue weighted by molar-refractivity contribution is -0.143. The van der Waals surface area contributed by atoms with Gasteiger partial charge >= 0.3 is 5.97 Å². The summed E-state index contributed by atoms with van der Waals surface area (Å²) in [6, 6.07) is 2.61. The minimum atomic E-state index is -1.22. The minimum absolute atomic E-state index is 0.230. The predicted octanol–water partition coefficient (Wildman–Crippen LogP) is 0.852. The van der Waals surface area contributed by atoms with E-state index in [2.05, 4.69) is 26.0 Å². The number of ether oxygens (including phenoxy) is 1. The molecule has 1 aromatic carbocycles. The molecule has 0 aliphatic heterocycles. The Morgan fingerprint density at radius 2 is 2.22 bits per heavy atom. The summed E-state index contributed by atoms with van der Waals surface area (Å²) in [6.45, 7) is -0.631. The summed E-state index contributed by atoms with van der Waals surface area (Å²) in [4.78, 5) is 22.9. The molecule has 0 unspecified atom stereocenters. The molecule has 1 aromatic rings. The fraction of sp³-hybridized carbons (Fsp3) is 0.273. The second-order valence-corrected chi connectivity index (χ2v) is 4.27. The molecule has 0 saturated carbocycles. The van der Waals surface area contributed by atoms with Crippen molar-refractivity contribution < 1.29 is 23.8 Å². The molecular formula is C11H11BrFNO4. The normalized spacial score (nSPS) is 11.8. The lowest BCUT2D eigenvalue weighted by atomic mass is 10.2. The fourth-order valence-corrected chi connectivity index (χ4v) is 1.59. The standard InChI is InChI=1S/C11H11BrFNO4/c1-18-11(17)9(5-15)14-10(16)7-4-6(12)2-3-8(7)13/h2-4,9,15H,5H2,1H3,(H,14,16)/t9-/m0/s1. The first-order chi connectivity index (χ1) is 8.49. The lowest BCUT2D eigenvalue weighted by Gasteiger charge is -2.14. The maximum Gasteiger partial charge on any atom is 0.330 e. The Labute approximate surface area is 111 Å². The van der Waals surface area contributed by atoms with Crippen molar-refractivity contribution in [3.8, 4) is 0 Å². The largest absolute Gasteiger partial charge is 0.467 e. The first-order valence-electron chi connectivity index (χ1n) is 4.94. The molecule has 0 aliphatic rings. The number of halogens is 2. The lowest BCUT2D eigenvalue weighted by Crippen LogP contribution is -2.44. The summed E-state index contributed by atoms with van der Waals surface area (Å²) in [6.07, 6.45) is 0. The maximum atomic E-state index is 13.4. The van der Waals surface area contributed by atoms with Crippen molar-refractivity contribution in [2.24, 2.45) is 0 Å². The number of esters is 1.